The van der Waals surface area contributed by atoms with Crippen LogP contribution in [0.25, 0.3) is 11.4 Å². The van der Waals surface area contributed by atoms with Crippen LogP contribution in [0.15, 0.2) is 48.8 Å². The lowest BCUT2D eigenvalue weighted by molar-refractivity contribution is 0.144. The van der Waals surface area contributed by atoms with E-state index in [0.29, 0.717) is 25.2 Å². The number of hydrogen-bond donors (Lipinski definition) is 2. The molecule has 3 aromatic rings. The lowest BCUT2D eigenvalue weighted by Gasteiger charge is -2.10. The zero-order chi connectivity index (χ0) is 17.6. The number of nitrogens with zero attached hydrogens (tertiary/aromatic N) is 4. The third-order valence-corrected chi connectivity index (χ3v) is 4.09. The molecule has 6 nitrogen and oxygen atoms in total. The minimum Gasteiger partial charge on any atom is -0.508 e. The summed E-state index contributed by atoms with van der Waals surface area (Å²) < 4.78 is 1.78. The molecule has 3 rings (SSSR count). The van der Waals surface area contributed by atoms with E-state index in [0.717, 1.165) is 23.4 Å². The smallest absolute Gasteiger partial charge is 0.181 e. The first-order valence-electron chi connectivity index (χ1n) is 8.45. The van der Waals surface area contributed by atoms with Crippen molar-refractivity contribution in [1.29, 1.82) is 0 Å². The van der Waals surface area contributed by atoms with Gasteiger partial charge >= 0.3 is 0 Å². The average Bonchev–Trinajstić information content (AvgIpc) is 3.04. The van der Waals surface area contributed by atoms with Gasteiger partial charge < -0.3 is 10.2 Å². The van der Waals surface area contributed by atoms with E-state index in [1.807, 2.05) is 25.3 Å². The molecule has 0 spiro atoms. The number of aromatic nitrogens is 4. The van der Waals surface area contributed by atoms with E-state index in [2.05, 4.69) is 15.1 Å². The Morgan fingerprint density at radius 3 is 2.60 bits per heavy atom. The maximum Gasteiger partial charge on any atom is 0.181 e. The van der Waals surface area contributed by atoms with Gasteiger partial charge in [-0.1, -0.05) is 13.0 Å². The molecule has 1 atom stereocenters. The molecule has 0 amide bonds. The van der Waals surface area contributed by atoms with Crippen LogP contribution in [0.1, 0.15) is 24.7 Å². The van der Waals surface area contributed by atoms with Gasteiger partial charge in [0.1, 0.15) is 11.6 Å². The molecule has 130 valence electrons. The zero-order valence-electron chi connectivity index (χ0n) is 14.2. The lowest BCUT2D eigenvalue weighted by Crippen LogP contribution is -2.18. The third-order valence-electron chi connectivity index (χ3n) is 4.09. The van der Waals surface area contributed by atoms with Gasteiger partial charge in [0, 0.05) is 24.4 Å². The van der Waals surface area contributed by atoms with Gasteiger partial charge in [-0.25, -0.2) is 9.67 Å². The number of hydrogen-bond acceptors (Lipinski definition) is 5. The molecule has 0 saturated heterocycles. The van der Waals surface area contributed by atoms with E-state index in [-0.39, 0.29) is 5.75 Å². The first kappa shape index (κ1) is 17.1. The largest absolute Gasteiger partial charge is 0.508 e. The van der Waals surface area contributed by atoms with Crippen molar-refractivity contribution in [3.05, 3.63) is 60.2 Å². The molecule has 0 radical (unpaired) electrons. The molecule has 25 heavy (non-hydrogen) atoms. The van der Waals surface area contributed by atoms with Gasteiger partial charge in [0.25, 0.3) is 0 Å². The van der Waals surface area contributed by atoms with Crippen molar-refractivity contribution in [2.45, 2.75) is 38.8 Å². The van der Waals surface area contributed by atoms with E-state index in [1.165, 1.54) is 0 Å². The summed E-state index contributed by atoms with van der Waals surface area (Å²) in [6.07, 6.45) is 5.34. The molecule has 0 fully saturated rings. The van der Waals surface area contributed by atoms with Crippen molar-refractivity contribution in [2.75, 3.05) is 0 Å². The highest BCUT2D eigenvalue weighted by Gasteiger charge is 2.14. The fraction of sp³-hybridized carbons (Fsp3) is 0.316. The fourth-order valence-electron chi connectivity index (χ4n) is 2.57. The van der Waals surface area contributed by atoms with Crippen LogP contribution in [0.3, 0.4) is 0 Å². The molecule has 0 aliphatic carbocycles. The van der Waals surface area contributed by atoms with Crippen LogP contribution in [-0.2, 0) is 19.4 Å². The summed E-state index contributed by atoms with van der Waals surface area (Å²) in [7, 11) is 0. The predicted molar refractivity (Wildman–Crippen MR) is 95.1 cm³/mol. The van der Waals surface area contributed by atoms with Gasteiger partial charge in [-0.05, 0) is 48.7 Å². The summed E-state index contributed by atoms with van der Waals surface area (Å²) in [5, 5.41) is 24.0. The molecule has 0 unspecified atom stereocenters. The number of pyridine rings is 1. The molecule has 2 N–H and O–H groups in total. The number of aliphatic hydroxyl groups excluding tert-OH is 1. The van der Waals surface area contributed by atoms with E-state index >= 15 is 0 Å². The summed E-state index contributed by atoms with van der Waals surface area (Å²) in [5.41, 5.74) is 1.98. The molecule has 0 saturated carbocycles. The standard InChI is InChI=1S/C19H22N4O2/c1-2-16(24)13-23-18(10-5-14-4-3-11-20-12-14)21-19(22-23)15-6-8-17(25)9-7-15/h3-4,6-9,11-12,16,24-25H,2,5,10,13H2,1H3/t16-/m1/s1. The molecular weight excluding hydrogens is 316 g/mol. The van der Waals surface area contributed by atoms with Gasteiger partial charge in [-0.3, -0.25) is 4.98 Å². The molecule has 1 aromatic carbocycles. The Balaban J connectivity index is 1.84. The summed E-state index contributed by atoms with van der Waals surface area (Å²) in [6, 6.07) is 10.8. The summed E-state index contributed by atoms with van der Waals surface area (Å²) >= 11 is 0. The monoisotopic (exact) mass is 338 g/mol. The number of phenols is 1. The minimum atomic E-state index is -0.452. The van der Waals surface area contributed by atoms with Crippen LogP contribution in [0.5, 0.6) is 5.75 Å². The molecule has 0 aliphatic rings. The molecular formula is C19H22N4O2. The van der Waals surface area contributed by atoms with Crippen molar-refractivity contribution < 1.29 is 10.2 Å². The Labute approximate surface area is 146 Å². The first-order valence-corrected chi connectivity index (χ1v) is 8.45. The Morgan fingerprint density at radius 2 is 1.92 bits per heavy atom. The second-order valence-electron chi connectivity index (χ2n) is 6.00. The Kier molecular flexibility index (Phi) is 5.40. The van der Waals surface area contributed by atoms with Crippen molar-refractivity contribution in [1.82, 2.24) is 19.7 Å². The Bertz CT molecular complexity index is 800. The highest BCUT2D eigenvalue weighted by Crippen LogP contribution is 2.20. The second-order valence-corrected chi connectivity index (χ2v) is 6.00. The van der Waals surface area contributed by atoms with Crippen LogP contribution in [0.2, 0.25) is 0 Å². The number of benzene rings is 1. The van der Waals surface area contributed by atoms with E-state index in [9.17, 15) is 10.2 Å². The van der Waals surface area contributed by atoms with Crippen LogP contribution >= 0.6 is 0 Å². The number of aliphatic hydroxyl groups is 1. The van der Waals surface area contributed by atoms with Crippen molar-refractivity contribution in [2.24, 2.45) is 0 Å². The Hall–Kier alpha value is -2.73. The van der Waals surface area contributed by atoms with Crippen LogP contribution < -0.4 is 0 Å². The molecule has 0 aliphatic heterocycles. The average molecular weight is 338 g/mol. The predicted octanol–water partition coefficient (Wildman–Crippen LogP) is 2.60. The molecule has 2 aromatic heterocycles. The summed E-state index contributed by atoms with van der Waals surface area (Å²) in [5.74, 6) is 1.64. The SMILES string of the molecule is CC[C@@H](O)Cn1nc(-c2ccc(O)cc2)nc1CCc1cccnc1. The van der Waals surface area contributed by atoms with Crippen LogP contribution in [0, 0.1) is 0 Å². The van der Waals surface area contributed by atoms with Crippen LogP contribution in [0.4, 0.5) is 0 Å². The minimum absolute atomic E-state index is 0.210. The van der Waals surface area contributed by atoms with Gasteiger partial charge in [-0.15, -0.1) is 0 Å². The summed E-state index contributed by atoms with van der Waals surface area (Å²) in [4.78, 5) is 8.79. The molecule has 6 heteroatoms. The van der Waals surface area contributed by atoms with E-state index in [1.54, 1.807) is 35.1 Å². The Morgan fingerprint density at radius 1 is 1.12 bits per heavy atom. The first-order chi connectivity index (χ1) is 12.2. The highest BCUT2D eigenvalue weighted by atomic mass is 16.3. The van der Waals surface area contributed by atoms with Gasteiger partial charge in [-0.2, -0.15) is 5.10 Å². The topological polar surface area (TPSA) is 84.1 Å². The maximum absolute atomic E-state index is 10.0. The number of phenolic OH excluding ortho intramolecular Hbond substituents is 1. The number of aryl methyl sites for hydroxylation is 2. The quantitative estimate of drug-likeness (QED) is 0.692. The van der Waals surface area contributed by atoms with Gasteiger partial charge in [0.05, 0.1) is 12.6 Å². The second kappa shape index (κ2) is 7.90. The van der Waals surface area contributed by atoms with Gasteiger partial charge in [0.15, 0.2) is 5.82 Å². The number of aromatic hydroxyl groups is 1. The fourth-order valence-corrected chi connectivity index (χ4v) is 2.57. The van der Waals surface area contributed by atoms with Crippen molar-refractivity contribution in [3.63, 3.8) is 0 Å². The number of rotatable bonds is 7. The van der Waals surface area contributed by atoms with E-state index < -0.39 is 6.10 Å². The van der Waals surface area contributed by atoms with Crippen LogP contribution in [-0.4, -0.2) is 36.1 Å². The highest BCUT2D eigenvalue weighted by molar-refractivity contribution is 5.55. The summed E-state index contributed by atoms with van der Waals surface area (Å²) in [6.45, 7) is 2.36. The normalized spacial score (nSPS) is 12.2. The molecule has 2 heterocycles. The van der Waals surface area contributed by atoms with Crippen molar-refractivity contribution >= 4 is 0 Å². The van der Waals surface area contributed by atoms with Crippen molar-refractivity contribution in [3.8, 4) is 17.1 Å². The van der Waals surface area contributed by atoms with Gasteiger partial charge in [0.2, 0.25) is 0 Å². The van der Waals surface area contributed by atoms with E-state index in [4.69, 9.17) is 0 Å². The zero-order valence-corrected chi connectivity index (χ0v) is 14.2. The maximum atomic E-state index is 10.0. The lowest BCUT2D eigenvalue weighted by atomic mass is 10.1. The third kappa shape index (κ3) is 4.42. The molecule has 0 bridgehead atoms.